The van der Waals surface area contributed by atoms with Crippen molar-refractivity contribution >= 4 is 15.9 Å². The number of hydrogen-bond acceptors (Lipinski definition) is 4. The van der Waals surface area contributed by atoms with E-state index in [0.717, 1.165) is 4.47 Å². The molecule has 0 spiro atoms. The van der Waals surface area contributed by atoms with E-state index in [9.17, 15) is 5.11 Å². The van der Waals surface area contributed by atoms with Crippen molar-refractivity contribution in [2.75, 3.05) is 7.11 Å². The van der Waals surface area contributed by atoms with Gasteiger partial charge in [-0.25, -0.2) is 0 Å². The molecule has 0 aliphatic carbocycles. The van der Waals surface area contributed by atoms with Crippen molar-refractivity contribution in [3.63, 3.8) is 0 Å². The predicted molar refractivity (Wildman–Crippen MR) is 75.2 cm³/mol. The van der Waals surface area contributed by atoms with Crippen LogP contribution in [0.5, 0.6) is 5.75 Å². The number of aromatic nitrogens is 3. The van der Waals surface area contributed by atoms with Crippen LogP contribution >= 0.6 is 15.9 Å². The summed E-state index contributed by atoms with van der Waals surface area (Å²) in [7, 11) is 1.56. The number of ether oxygens (including phenoxy) is 1. The number of aliphatic hydroxyl groups excluding tert-OH is 1. The molecule has 1 N–H and O–H groups in total. The topological polar surface area (TPSA) is 60.2 Å². The molecule has 5 nitrogen and oxygen atoms in total. The summed E-state index contributed by atoms with van der Waals surface area (Å²) in [6, 6.07) is 3.77. The van der Waals surface area contributed by atoms with E-state index in [4.69, 9.17) is 4.74 Å². The van der Waals surface area contributed by atoms with Gasteiger partial charge in [-0.3, -0.25) is 9.67 Å². The lowest BCUT2D eigenvalue weighted by atomic mass is 10.1. The Balaban J connectivity index is 2.52. The third-order valence-corrected chi connectivity index (χ3v) is 3.48. The molecular formula is C13H16BrN3O2. The van der Waals surface area contributed by atoms with Crippen LogP contribution < -0.4 is 4.74 Å². The van der Waals surface area contributed by atoms with Crippen LogP contribution in [0.2, 0.25) is 0 Å². The van der Waals surface area contributed by atoms with Crippen LogP contribution in [0.15, 0.2) is 29.0 Å². The Morgan fingerprint density at radius 1 is 1.42 bits per heavy atom. The number of nitrogens with zero attached hydrogens (tertiary/aromatic N) is 3. The molecule has 102 valence electrons. The van der Waals surface area contributed by atoms with Crippen LogP contribution in [-0.4, -0.2) is 27.0 Å². The third kappa shape index (κ3) is 2.64. The molecule has 2 aromatic heterocycles. The first-order chi connectivity index (χ1) is 9.06. The Morgan fingerprint density at radius 2 is 2.16 bits per heavy atom. The number of rotatable bonds is 4. The van der Waals surface area contributed by atoms with Crippen molar-refractivity contribution in [3.05, 3.63) is 40.4 Å². The van der Waals surface area contributed by atoms with E-state index < -0.39 is 6.10 Å². The standard InChI is InChI=1S/C13H16BrN3O2/c1-8(2)17-12(10(19-3)7-16-17)13(18)11-9(14)5-4-6-15-11/h4-8,13,18H,1-3H3. The zero-order valence-electron chi connectivity index (χ0n) is 11.0. The second-order valence-corrected chi connectivity index (χ2v) is 5.26. The molecule has 0 aliphatic rings. The molecule has 0 aliphatic heterocycles. The zero-order valence-corrected chi connectivity index (χ0v) is 12.6. The highest BCUT2D eigenvalue weighted by molar-refractivity contribution is 9.10. The molecule has 0 amide bonds. The molecule has 0 saturated carbocycles. The summed E-state index contributed by atoms with van der Waals surface area (Å²) in [5.41, 5.74) is 1.15. The lowest BCUT2D eigenvalue weighted by Gasteiger charge is -2.17. The average molecular weight is 326 g/mol. The Hall–Kier alpha value is -1.40. The molecule has 1 unspecified atom stereocenters. The van der Waals surface area contributed by atoms with Crippen LogP contribution in [0.4, 0.5) is 0 Å². The molecule has 0 bridgehead atoms. The fourth-order valence-electron chi connectivity index (χ4n) is 1.91. The summed E-state index contributed by atoms with van der Waals surface area (Å²) in [5, 5.41) is 14.8. The fraction of sp³-hybridized carbons (Fsp3) is 0.385. The Morgan fingerprint density at radius 3 is 2.74 bits per heavy atom. The van der Waals surface area contributed by atoms with E-state index in [1.165, 1.54) is 0 Å². The largest absolute Gasteiger partial charge is 0.493 e. The minimum absolute atomic E-state index is 0.121. The molecule has 2 aromatic rings. The van der Waals surface area contributed by atoms with Crippen molar-refractivity contribution in [3.8, 4) is 5.75 Å². The van der Waals surface area contributed by atoms with Gasteiger partial charge in [-0.05, 0) is 41.9 Å². The van der Waals surface area contributed by atoms with E-state index in [-0.39, 0.29) is 6.04 Å². The van der Waals surface area contributed by atoms with Gasteiger partial charge in [0.2, 0.25) is 0 Å². The van der Waals surface area contributed by atoms with E-state index in [0.29, 0.717) is 17.1 Å². The Bertz CT molecular complexity index is 569. The van der Waals surface area contributed by atoms with E-state index in [1.807, 2.05) is 19.9 Å². The third-order valence-electron chi connectivity index (χ3n) is 2.81. The lowest BCUT2D eigenvalue weighted by molar-refractivity contribution is 0.194. The van der Waals surface area contributed by atoms with Gasteiger partial charge in [-0.15, -0.1) is 0 Å². The van der Waals surface area contributed by atoms with Gasteiger partial charge in [0.15, 0.2) is 5.75 Å². The predicted octanol–water partition coefficient (Wildman–Crippen LogP) is 2.71. The van der Waals surface area contributed by atoms with Crippen LogP contribution in [0, 0.1) is 0 Å². The maximum atomic E-state index is 10.6. The Kier molecular flexibility index (Phi) is 4.21. The quantitative estimate of drug-likeness (QED) is 0.938. The first-order valence-corrected chi connectivity index (χ1v) is 6.75. The molecule has 0 saturated heterocycles. The van der Waals surface area contributed by atoms with Crippen LogP contribution in [-0.2, 0) is 0 Å². The van der Waals surface area contributed by atoms with Crippen LogP contribution in [0.25, 0.3) is 0 Å². The first-order valence-electron chi connectivity index (χ1n) is 5.96. The smallest absolute Gasteiger partial charge is 0.163 e. The second kappa shape index (κ2) is 5.71. The van der Waals surface area contributed by atoms with Crippen molar-refractivity contribution < 1.29 is 9.84 Å². The number of hydrogen-bond donors (Lipinski definition) is 1. The normalized spacial score (nSPS) is 12.7. The van der Waals surface area contributed by atoms with Crippen molar-refractivity contribution in [1.29, 1.82) is 0 Å². The van der Waals surface area contributed by atoms with Gasteiger partial charge >= 0.3 is 0 Å². The first kappa shape index (κ1) is 14.0. The molecule has 19 heavy (non-hydrogen) atoms. The summed E-state index contributed by atoms with van der Waals surface area (Å²) < 4.78 is 7.76. The van der Waals surface area contributed by atoms with Gasteiger partial charge in [0.1, 0.15) is 11.8 Å². The molecule has 2 heterocycles. The number of halogens is 1. The second-order valence-electron chi connectivity index (χ2n) is 4.41. The summed E-state index contributed by atoms with van der Waals surface area (Å²) in [6.45, 7) is 3.99. The minimum Gasteiger partial charge on any atom is -0.493 e. The van der Waals surface area contributed by atoms with Crippen molar-refractivity contribution in [1.82, 2.24) is 14.8 Å². The summed E-state index contributed by atoms with van der Waals surface area (Å²) in [6.07, 6.45) is 2.36. The molecular weight excluding hydrogens is 310 g/mol. The highest BCUT2D eigenvalue weighted by Crippen LogP contribution is 2.33. The van der Waals surface area contributed by atoms with E-state index in [1.54, 1.807) is 30.3 Å². The van der Waals surface area contributed by atoms with Crippen molar-refractivity contribution in [2.24, 2.45) is 0 Å². The molecule has 0 fully saturated rings. The minimum atomic E-state index is -0.893. The van der Waals surface area contributed by atoms with Gasteiger partial charge in [-0.2, -0.15) is 5.10 Å². The molecule has 1 atom stereocenters. The van der Waals surface area contributed by atoms with Gasteiger partial charge in [0.05, 0.1) is 19.0 Å². The maximum absolute atomic E-state index is 10.6. The van der Waals surface area contributed by atoms with Crippen molar-refractivity contribution in [2.45, 2.75) is 26.0 Å². The highest BCUT2D eigenvalue weighted by atomic mass is 79.9. The number of pyridine rings is 1. The lowest BCUT2D eigenvalue weighted by Crippen LogP contribution is -2.14. The van der Waals surface area contributed by atoms with Gasteiger partial charge in [0.25, 0.3) is 0 Å². The average Bonchev–Trinajstić information content (AvgIpc) is 2.82. The van der Waals surface area contributed by atoms with Gasteiger partial charge in [-0.1, -0.05) is 0 Å². The van der Waals surface area contributed by atoms with E-state index >= 15 is 0 Å². The highest BCUT2D eigenvalue weighted by Gasteiger charge is 2.25. The fourth-order valence-corrected chi connectivity index (χ4v) is 2.39. The Labute approximate surface area is 120 Å². The molecule has 2 rings (SSSR count). The number of aliphatic hydroxyl groups is 1. The summed E-state index contributed by atoms with van der Waals surface area (Å²) in [4.78, 5) is 4.22. The van der Waals surface area contributed by atoms with Gasteiger partial charge in [0, 0.05) is 16.7 Å². The SMILES string of the molecule is COc1cnn(C(C)C)c1C(O)c1ncccc1Br. The molecule has 6 heteroatoms. The molecule has 0 aromatic carbocycles. The van der Waals surface area contributed by atoms with Gasteiger partial charge < -0.3 is 9.84 Å². The van der Waals surface area contributed by atoms with E-state index in [2.05, 4.69) is 26.0 Å². The zero-order chi connectivity index (χ0) is 14.0. The monoisotopic (exact) mass is 325 g/mol. The molecule has 0 radical (unpaired) electrons. The van der Waals surface area contributed by atoms with Crippen LogP contribution in [0.3, 0.4) is 0 Å². The summed E-state index contributed by atoms with van der Waals surface area (Å²) in [5.74, 6) is 0.554. The summed E-state index contributed by atoms with van der Waals surface area (Å²) >= 11 is 3.40. The maximum Gasteiger partial charge on any atom is 0.163 e. The van der Waals surface area contributed by atoms with Crippen LogP contribution in [0.1, 0.15) is 37.4 Å². The number of methoxy groups -OCH3 is 1.